The van der Waals surface area contributed by atoms with Gasteiger partial charge < -0.3 is 24.1 Å². The maximum absolute atomic E-state index is 13.9. The number of hydrogen-bond donors (Lipinski definition) is 2. The molecule has 0 radical (unpaired) electrons. The van der Waals surface area contributed by atoms with E-state index in [9.17, 15) is 31.9 Å². The van der Waals surface area contributed by atoms with Crippen LogP contribution in [-0.2, 0) is 38.7 Å². The van der Waals surface area contributed by atoms with E-state index in [2.05, 4.69) is 6.92 Å². The number of halogens is 2. The minimum absolute atomic E-state index is 0.0108. The van der Waals surface area contributed by atoms with Crippen LogP contribution in [0.15, 0.2) is 0 Å². The molecule has 2 N–H and O–H groups in total. The lowest BCUT2D eigenvalue weighted by Crippen LogP contribution is -2.51. The van der Waals surface area contributed by atoms with E-state index >= 15 is 0 Å². The average molecular weight is 581 g/mol. The summed E-state index contributed by atoms with van der Waals surface area (Å²) >= 11 is 0. The first-order valence-corrected chi connectivity index (χ1v) is 15.3. The fraction of sp³-hybridized carbons (Fsp3) is 0.923. The van der Waals surface area contributed by atoms with Crippen LogP contribution in [0.4, 0.5) is 8.78 Å². The quantitative estimate of drug-likeness (QED) is 0.340. The summed E-state index contributed by atoms with van der Waals surface area (Å²) in [6.45, 7) is 2.28. The molecular formula is C26H38F2O10S. The van der Waals surface area contributed by atoms with Crippen molar-refractivity contribution in [3.8, 4) is 0 Å². The molecule has 4 aliphatic carbocycles. The van der Waals surface area contributed by atoms with Gasteiger partial charge in [0.15, 0.2) is 6.29 Å². The summed E-state index contributed by atoms with van der Waals surface area (Å²) < 4.78 is 81.5. The van der Waals surface area contributed by atoms with Gasteiger partial charge in [-0.1, -0.05) is 13.3 Å². The number of aliphatic hydroxyl groups is 1. The Morgan fingerprint density at radius 2 is 1.85 bits per heavy atom. The molecule has 9 unspecified atom stereocenters. The molecule has 0 aromatic carbocycles. The summed E-state index contributed by atoms with van der Waals surface area (Å²) in [6, 6.07) is 0. The van der Waals surface area contributed by atoms with Gasteiger partial charge >= 0.3 is 27.3 Å². The second kappa shape index (κ2) is 10.5. The average Bonchev–Trinajstić information content (AvgIpc) is 3.29. The Labute approximate surface area is 226 Å². The van der Waals surface area contributed by atoms with Crippen LogP contribution in [0.3, 0.4) is 0 Å². The zero-order valence-corrected chi connectivity index (χ0v) is 22.9. The van der Waals surface area contributed by atoms with Crippen molar-refractivity contribution >= 4 is 22.1 Å². The lowest BCUT2D eigenvalue weighted by Gasteiger charge is -2.48. The maximum Gasteiger partial charge on any atom is 0.465 e. The van der Waals surface area contributed by atoms with Gasteiger partial charge in [-0.3, -0.25) is 9.35 Å². The SMILES string of the molecule is CC1CC2CC(O)CC(C(=O)OCC3COC(C4CC5CCCC(OC(=O)C(F)(F)S(=O)(=O)O)(C5)C4)O3)(C1)C2. The topological polar surface area (TPSA) is 146 Å². The van der Waals surface area contributed by atoms with E-state index < -0.39 is 50.9 Å². The molecule has 0 aromatic rings. The molecule has 5 aliphatic rings. The molecular weight excluding hydrogens is 542 g/mol. The number of ether oxygens (including phenoxy) is 4. The third-order valence-electron chi connectivity index (χ3n) is 9.42. The summed E-state index contributed by atoms with van der Waals surface area (Å²) in [4.78, 5) is 25.3. The molecule has 39 heavy (non-hydrogen) atoms. The van der Waals surface area contributed by atoms with Crippen LogP contribution in [0.1, 0.15) is 77.6 Å². The largest absolute Gasteiger partial charge is 0.465 e. The number of carbonyl (C=O) groups is 2. The molecule has 1 heterocycles. The number of hydrogen-bond acceptors (Lipinski definition) is 9. The molecule has 5 fully saturated rings. The number of fused-ring (bicyclic) bond motifs is 4. The molecule has 9 atom stereocenters. The Bertz CT molecular complexity index is 1050. The highest BCUT2D eigenvalue weighted by Gasteiger charge is 2.58. The lowest BCUT2D eigenvalue weighted by molar-refractivity contribution is -0.201. The molecule has 222 valence electrons. The second-order valence-electron chi connectivity index (χ2n) is 12.8. The summed E-state index contributed by atoms with van der Waals surface area (Å²) in [5.41, 5.74) is -1.98. The molecule has 5 rings (SSSR count). The van der Waals surface area contributed by atoms with Gasteiger partial charge in [-0.05, 0) is 82.0 Å². The van der Waals surface area contributed by atoms with E-state index in [1.807, 2.05) is 0 Å². The lowest BCUT2D eigenvalue weighted by atomic mass is 9.58. The van der Waals surface area contributed by atoms with Crippen molar-refractivity contribution in [1.82, 2.24) is 0 Å². The molecule has 0 spiro atoms. The highest BCUT2D eigenvalue weighted by molar-refractivity contribution is 7.87. The van der Waals surface area contributed by atoms with Gasteiger partial charge in [0.05, 0.1) is 18.1 Å². The Hall–Kier alpha value is -1.41. The first-order valence-electron chi connectivity index (χ1n) is 13.9. The fourth-order valence-electron chi connectivity index (χ4n) is 8.20. The van der Waals surface area contributed by atoms with Crippen LogP contribution in [0, 0.1) is 29.1 Å². The summed E-state index contributed by atoms with van der Waals surface area (Å²) in [7, 11) is -5.97. The van der Waals surface area contributed by atoms with Crippen molar-refractivity contribution in [2.75, 3.05) is 13.2 Å². The van der Waals surface area contributed by atoms with Crippen LogP contribution in [-0.4, -0.2) is 72.6 Å². The number of esters is 2. The fourth-order valence-corrected chi connectivity index (χ4v) is 8.46. The van der Waals surface area contributed by atoms with Gasteiger partial charge in [0.1, 0.15) is 18.3 Å². The number of carbonyl (C=O) groups excluding carboxylic acids is 2. The summed E-state index contributed by atoms with van der Waals surface area (Å²) in [5, 5.41) is 5.28. The first kappa shape index (κ1) is 29.1. The third-order valence-corrected chi connectivity index (χ3v) is 10.2. The Kier molecular flexibility index (Phi) is 7.80. The van der Waals surface area contributed by atoms with E-state index in [0.29, 0.717) is 50.4 Å². The highest BCUT2D eigenvalue weighted by atomic mass is 32.2. The Morgan fingerprint density at radius 1 is 1.08 bits per heavy atom. The zero-order valence-electron chi connectivity index (χ0n) is 22.1. The van der Waals surface area contributed by atoms with Crippen molar-refractivity contribution < 1.29 is 55.4 Å². The van der Waals surface area contributed by atoms with Gasteiger partial charge in [-0.2, -0.15) is 17.2 Å². The van der Waals surface area contributed by atoms with Gasteiger partial charge in [0.2, 0.25) is 0 Å². The molecule has 4 saturated carbocycles. The van der Waals surface area contributed by atoms with Crippen LogP contribution < -0.4 is 0 Å². The van der Waals surface area contributed by atoms with Crippen LogP contribution >= 0.6 is 0 Å². The number of alkyl halides is 2. The van der Waals surface area contributed by atoms with Gasteiger partial charge in [-0.15, -0.1) is 0 Å². The molecule has 1 aliphatic heterocycles. The predicted molar refractivity (Wildman–Crippen MR) is 130 cm³/mol. The van der Waals surface area contributed by atoms with Gasteiger partial charge in [0, 0.05) is 5.92 Å². The molecule has 10 nitrogen and oxygen atoms in total. The van der Waals surface area contributed by atoms with Crippen molar-refractivity contribution in [2.45, 2.75) is 107 Å². The molecule has 13 heteroatoms. The van der Waals surface area contributed by atoms with Crippen molar-refractivity contribution in [3.63, 3.8) is 0 Å². The maximum atomic E-state index is 13.9. The van der Waals surface area contributed by atoms with Crippen molar-refractivity contribution in [3.05, 3.63) is 0 Å². The Morgan fingerprint density at radius 3 is 2.59 bits per heavy atom. The van der Waals surface area contributed by atoms with Crippen LogP contribution in [0.5, 0.6) is 0 Å². The molecule has 0 aromatic heterocycles. The first-order chi connectivity index (χ1) is 18.2. The number of aliphatic hydroxyl groups excluding tert-OH is 1. The summed E-state index contributed by atoms with van der Waals surface area (Å²) in [6.07, 6.45) is 4.60. The molecule has 4 bridgehead atoms. The van der Waals surface area contributed by atoms with Crippen LogP contribution in [0.25, 0.3) is 0 Å². The van der Waals surface area contributed by atoms with E-state index in [1.165, 1.54) is 0 Å². The van der Waals surface area contributed by atoms with E-state index in [4.69, 9.17) is 23.5 Å². The second-order valence-corrected chi connectivity index (χ2v) is 14.2. The van der Waals surface area contributed by atoms with Gasteiger partial charge in [0.25, 0.3) is 0 Å². The summed E-state index contributed by atoms with van der Waals surface area (Å²) in [5.74, 6) is -2.16. The normalized spacial score (nSPS) is 42.5. The number of rotatable bonds is 7. The minimum atomic E-state index is -5.97. The third kappa shape index (κ3) is 5.84. The van der Waals surface area contributed by atoms with E-state index in [1.54, 1.807) is 0 Å². The Balaban J connectivity index is 1.18. The highest BCUT2D eigenvalue weighted by Crippen LogP contribution is 2.52. The molecule has 1 saturated heterocycles. The molecule has 0 amide bonds. The van der Waals surface area contributed by atoms with Crippen LogP contribution in [0.2, 0.25) is 0 Å². The smallest absolute Gasteiger partial charge is 0.462 e. The van der Waals surface area contributed by atoms with E-state index in [0.717, 1.165) is 19.3 Å². The van der Waals surface area contributed by atoms with E-state index in [-0.39, 0.29) is 43.9 Å². The minimum Gasteiger partial charge on any atom is -0.462 e. The standard InChI is InChI=1S/C26H38F2O10S/c1-15-5-17-7-19(29)12-24(8-15,9-17)22(30)36-14-20-13-35-21(37-20)18-6-16-3-2-4-25(10-16,11-18)38-23(31)26(27,28)39(32,33)34/h15-21,29H,2-14H2,1H3,(H,32,33,34). The zero-order chi connectivity index (χ0) is 28.2. The van der Waals surface area contributed by atoms with Crippen molar-refractivity contribution in [2.24, 2.45) is 29.1 Å². The monoisotopic (exact) mass is 580 g/mol. The predicted octanol–water partition coefficient (Wildman–Crippen LogP) is 3.21. The van der Waals surface area contributed by atoms with Gasteiger partial charge in [-0.25, -0.2) is 4.79 Å². The van der Waals surface area contributed by atoms with Crippen molar-refractivity contribution in [1.29, 1.82) is 0 Å².